The standard InChI is InChI=1S/C21H29N3O2S/c1-15(2)19-6-5-16(3)11-20(19)26-13-21(25)24-9-7-23(8-10-24)12-18-14-27-17(4)22-18/h5-6,11,14-15H,7-10,12-13H2,1-4H3. The molecule has 1 aliphatic heterocycles. The molecule has 0 saturated carbocycles. The molecule has 1 saturated heterocycles. The number of ether oxygens (including phenoxy) is 1. The van der Waals surface area contributed by atoms with Gasteiger partial charge in [-0.1, -0.05) is 26.0 Å². The average molecular weight is 388 g/mol. The summed E-state index contributed by atoms with van der Waals surface area (Å²) >= 11 is 1.69. The van der Waals surface area contributed by atoms with Crippen molar-refractivity contribution >= 4 is 17.2 Å². The summed E-state index contributed by atoms with van der Waals surface area (Å²) in [4.78, 5) is 21.4. The second-order valence-electron chi connectivity index (χ2n) is 7.50. The summed E-state index contributed by atoms with van der Waals surface area (Å²) in [6, 6.07) is 6.21. The zero-order chi connectivity index (χ0) is 19.4. The van der Waals surface area contributed by atoms with Gasteiger partial charge in [0.25, 0.3) is 5.91 Å². The van der Waals surface area contributed by atoms with Crippen LogP contribution < -0.4 is 4.74 Å². The van der Waals surface area contributed by atoms with Gasteiger partial charge in [0, 0.05) is 38.1 Å². The van der Waals surface area contributed by atoms with Crippen LogP contribution in [0.4, 0.5) is 0 Å². The van der Waals surface area contributed by atoms with Crippen molar-refractivity contribution in [3.63, 3.8) is 0 Å². The molecule has 2 aromatic rings. The molecule has 0 spiro atoms. The number of amides is 1. The molecule has 0 radical (unpaired) electrons. The van der Waals surface area contributed by atoms with E-state index >= 15 is 0 Å². The summed E-state index contributed by atoms with van der Waals surface area (Å²) < 4.78 is 5.91. The third-order valence-electron chi connectivity index (χ3n) is 4.92. The Bertz CT molecular complexity index is 779. The Morgan fingerprint density at radius 1 is 1.22 bits per heavy atom. The van der Waals surface area contributed by atoms with Gasteiger partial charge >= 0.3 is 0 Å². The first-order valence-electron chi connectivity index (χ1n) is 9.57. The fourth-order valence-corrected chi connectivity index (χ4v) is 3.94. The number of aryl methyl sites for hydroxylation is 2. The molecular weight excluding hydrogens is 358 g/mol. The van der Waals surface area contributed by atoms with Gasteiger partial charge in [-0.05, 0) is 37.0 Å². The Morgan fingerprint density at radius 2 is 1.96 bits per heavy atom. The molecule has 1 fully saturated rings. The topological polar surface area (TPSA) is 45.7 Å². The zero-order valence-corrected chi connectivity index (χ0v) is 17.5. The molecule has 1 aromatic carbocycles. The van der Waals surface area contributed by atoms with Gasteiger partial charge in [0.2, 0.25) is 0 Å². The van der Waals surface area contributed by atoms with Gasteiger partial charge in [0.15, 0.2) is 6.61 Å². The average Bonchev–Trinajstić information content (AvgIpc) is 3.05. The van der Waals surface area contributed by atoms with Crippen LogP contribution in [0.15, 0.2) is 23.6 Å². The molecule has 0 unspecified atom stereocenters. The highest BCUT2D eigenvalue weighted by Crippen LogP contribution is 2.27. The van der Waals surface area contributed by atoms with Crippen molar-refractivity contribution in [1.29, 1.82) is 0 Å². The number of carbonyl (C=O) groups excluding carboxylic acids is 1. The van der Waals surface area contributed by atoms with Crippen molar-refractivity contribution < 1.29 is 9.53 Å². The van der Waals surface area contributed by atoms with Crippen molar-refractivity contribution in [3.05, 3.63) is 45.4 Å². The van der Waals surface area contributed by atoms with Crippen LogP contribution >= 0.6 is 11.3 Å². The lowest BCUT2D eigenvalue weighted by Gasteiger charge is -2.34. The Balaban J connectivity index is 1.49. The van der Waals surface area contributed by atoms with E-state index in [2.05, 4.69) is 41.2 Å². The maximum atomic E-state index is 12.6. The summed E-state index contributed by atoms with van der Waals surface area (Å²) in [6.07, 6.45) is 0. The van der Waals surface area contributed by atoms with E-state index in [-0.39, 0.29) is 12.5 Å². The fourth-order valence-electron chi connectivity index (χ4n) is 3.34. The molecule has 0 bridgehead atoms. The van der Waals surface area contributed by atoms with E-state index in [4.69, 9.17) is 4.74 Å². The minimum atomic E-state index is 0.0652. The molecule has 1 aliphatic rings. The second-order valence-corrected chi connectivity index (χ2v) is 8.56. The molecule has 0 aliphatic carbocycles. The van der Waals surface area contributed by atoms with Crippen LogP contribution in [0.5, 0.6) is 5.75 Å². The highest BCUT2D eigenvalue weighted by molar-refractivity contribution is 7.09. The van der Waals surface area contributed by atoms with Gasteiger partial charge in [-0.15, -0.1) is 11.3 Å². The summed E-state index contributed by atoms with van der Waals surface area (Å²) in [7, 11) is 0. The minimum absolute atomic E-state index is 0.0652. The highest BCUT2D eigenvalue weighted by atomic mass is 32.1. The summed E-state index contributed by atoms with van der Waals surface area (Å²) in [5.41, 5.74) is 3.42. The third-order valence-corrected chi connectivity index (χ3v) is 5.74. The Morgan fingerprint density at radius 3 is 2.59 bits per heavy atom. The number of aromatic nitrogens is 1. The van der Waals surface area contributed by atoms with E-state index in [0.29, 0.717) is 5.92 Å². The SMILES string of the molecule is Cc1ccc(C(C)C)c(OCC(=O)N2CCN(Cc3csc(C)n3)CC2)c1. The van der Waals surface area contributed by atoms with Crippen molar-refractivity contribution in [2.75, 3.05) is 32.8 Å². The largest absolute Gasteiger partial charge is 0.483 e. The second kappa shape index (κ2) is 8.85. The van der Waals surface area contributed by atoms with Crippen molar-refractivity contribution in [2.45, 2.75) is 40.2 Å². The van der Waals surface area contributed by atoms with Crippen LogP contribution in [0.2, 0.25) is 0 Å². The molecule has 0 atom stereocenters. The molecule has 3 rings (SSSR count). The van der Waals surface area contributed by atoms with E-state index in [1.54, 1.807) is 11.3 Å². The monoisotopic (exact) mass is 387 g/mol. The predicted octanol–water partition coefficient (Wildman–Crippen LogP) is 3.61. The van der Waals surface area contributed by atoms with Crippen LogP contribution in [0, 0.1) is 13.8 Å². The van der Waals surface area contributed by atoms with Crippen molar-refractivity contribution in [3.8, 4) is 5.75 Å². The Labute approximate surface area is 166 Å². The molecule has 1 amide bonds. The number of rotatable bonds is 6. The lowest BCUT2D eigenvalue weighted by molar-refractivity contribution is -0.135. The third kappa shape index (κ3) is 5.30. The molecule has 6 heteroatoms. The van der Waals surface area contributed by atoms with Gasteiger partial charge in [-0.3, -0.25) is 9.69 Å². The molecule has 1 aromatic heterocycles. The van der Waals surface area contributed by atoms with Gasteiger partial charge in [-0.2, -0.15) is 0 Å². The van der Waals surface area contributed by atoms with Gasteiger partial charge in [0.05, 0.1) is 10.7 Å². The first-order chi connectivity index (χ1) is 12.9. The number of hydrogen-bond donors (Lipinski definition) is 0. The van der Waals surface area contributed by atoms with Crippen molar-refractivity contribution in [1.82, 2.24) is 14.8 Å². The first-order valence-corrected chi connectivity index (χ1v) is 10.4. The molecule has 146 valence electrons. The van der Waals surface area contributed by atoms with Crippen LogP contribution in [0.3, 0.4) is 0 Å². The number of thiazole rings is 1. The van der Waals surface area contributed by atoms with E-state index in [9.17, 15) is 4.79 Å². The Kier molecular flexibility index (Phi) is 6.50. The minimum Gasteiger partial charge on any atom is -0.483 e. The maximum absolute atomic E-state index is 12.6. The summed E-state index contributed by atoms with van der Waals surface area (Å²) in [6.45, 7) is 12.6. The Hall–Kier alpha value is -1.92. The van der Waals surface area contributed by atoms with Crippen LogP contribution in [-0.4, -0.2) is 53.5 Å². The number of benzene rings is 1. The van der Waals surface area contributed by atoms with Crippen LogP contribution in [0.25, 0.3) is 0 Å². The number of nitrogens with zero attached hydrogens (tertiary/aromatic N) is 3. The molecule has 27 heavy (non-hydrogen) atoms. The van der Waals surface area contributed by atoms with E-state index < -0.39 is 0 Å². The summed E-state index contributed by atoms with van der Waals surface area (Å²) in [5, 5.41) is 3.22. The van der Waals surface area contributed by atoms with E-state index in [1.165, 1.54) is 0 Å². The van der Waals surface area contributed by atoms with E-state index in [1.807, 2.05) is 24.8 Å². The maximum Gasteiger partial charge on any atom is 0.260 e. The lowest BCUT2D eigenvalue weighted by Crippen LogP contribution is -2.49. The van der Waals surface area contributed by atoms with Crippen LogP contribution in [0.1, 0.15) is 41.6 Å². The molecule has 2 heterocycles. The van der Waals surface area contributed by atoms with Gasteiger partial charge < -0.3 is 9.64 Å². The normalized spacial score (nSPS) is 15.4. The number of piperazine rings is 1. The highest BCUT2D eigenvalue weighted by Gasteiger charge is 2.22. The molecule has 0 N–H and O–H groups in total. The van der Waals surface area contributed by atoms with E-state index in [0.717, 1.165) is 60.3 Å². The van der Waals surface area contributed by atoms with Gasteiger partial charge in [-0.25, -0.2) is 4.98 Å². The first kappa shape index (κ1) is 19.8. The smallest absolute Gasteiger partial charge is 0.260 e. The zero-order valence-electron chi connectivity index (χ0n) is 16.7. The quantitative estimate of drug-likeness (QED) is 0.760. The summed E-state index contributed by atoms with van der Waals surface area (Å²) in [5.74, 6) is 1.26. The van der Waals surface area contributed by atoms with Crippen molar-refractivity contribution in [2.24, 2.45) is 0 Å². The lowest BCUT2D eigenvalue weighted by atomic mass is 10.0. The van der Waals surface area contributed by atoms with Crippen LogP contribution in [-0.2, 0) is 11.3 Å². The molecule has 5 nitrogen and oxygen atoms in total. The number of hydrogen-bond acceptors (Lipinski definition) is 5. The predicted molar refractivity (Wildman–Crippen MR) is 109 cm³/mol. The number of carbonyl (C=O) groups is 1. The molecular formula is C21H29N3O2S. The van der Waals surface area contributed by atoms with Gasteiger partial charge in [0.1, 0.15) is 5.75 Å². The fraction of sp³-hybridized carbons (Fsp3) is 0.524.